The topological polar surface area (TPSA) is 441 Å². The first-order chi connectivity index (χ1) is 61.0. The van der Waals surface area contributed by atoms with Crippen molar-refractivity contribution in [2.45, 2.75) is 186 Å². The molecule has 0 radical (unpaired) electrons. The summed E-state index contributed by atoms with van der Waals surface area (Å²) in [6.07, 6.45) is -0.179. The number of aromatic nitrogens is 1. The number of hydrogen-bond acceptors (Lipinski definition) is 19. The largest absolute Gasteiger partial charge is 0.508 e. The number of rotatable bonds is 24. The number of primary amides is 1. The van der Waals surface area contributed by atoms with Gasteiger partial charge in [0.1, 0.15) is 53.5 Å². The number of para-hydroxylation sites is 1. The third kappa shape index (κ3) is 30.4. The highest BCUT2D eigenvalue weighted by Gasteiger charge is 2.42. The molecule has 686 valence electrons. The number of amides is 11. The van der Waals surface area contributed by atoms with Crippen LogP contribution in [-0.2, 0) is 110 Å². The molecular weight excluding hydrogens is 1650 g/mol. The predicted octanol–water partition coefficient (Wildman–Crippen LogP) is 6.71. The van der Waals surface area contributed by atoms with E-state index < -0.39 is 211 Å². The SMILES string of the molecule is CCCC[C@H]1C(=O)N(C)CC(=O)C[C@@H](CCN)C(=O)C[C@@H](C(C)C)C(=O)N(C)[C@@H](Cc2ccccc2)C(=O)N[C@@H](Cc2ccc(O)cc2)C(=O)N(C)CC(=O)N[C@@H](Cc2c[nH]c3ccccc23)C(=O)C[C@@H](Cc2ccc(O)cc2)C(=O)N[C@@H](CC(C)C)C(=O)N[C@H](C(=O)CCC(N)=O)CSCC(=O)N[C@@H](Cc2ccccc2)C(=O)N(C)[C@@H](Cc2ccccc2)C(=O)N1C. The highest BCUT2D eigenvalue weighted by Crippen LogP contribution is 2.29. The summed E-state index contributed by atoms with van der Waals surface area (Å²) in [5, 5.41) is 35.7. The van der Waals surface area contributed by atoms with Crippen LogP contribution in [0, 0.1) is 29.6 Å². The van der Waals surface area contributed by atoms with Gasteiger partial charge in [-0.3, -0.25) is 71.9 Å². The van der Waals surface area contributed by atoms with E-state index in [9.17, 15) is 39.0 Å². The number of likely N-dealkylation sites (N-methyl/N-ethyl adjacent to an activating group) is 5. The quantitative estimate of drug-likeness (QED) is 0.0300. The Hall–Kier alpha value is -12.4. The molecule has 31 heteroatoms. The molecule has 1 fully saturated rings. The van der Waals surface area contributed by atoms with E-state index in [-0.39, 0.29) is 87.5 Å². The lowest BCUT2D eigenvalue weighted by atomic mass is 9.83. The van der Waals surface area contributed by atoms with E-state index in [4.69, 9.17) is 11.5 Å². The molecule has 0 aliphatic carbocycles. The van der Waals surface area contributed by atoms with Crippen molar-refractivity contribution < 1.29 is 82.1 Å². The lowest BCUT2D eigenvalue weighted by Crippen LogP contribution is -2.58. The fourth-order valence-corrected chi connectivity index (χ4v) is 16.9. The molecule has 12 N–H and O–H groups in total. The standard InChI is InChI=1S/C97H125N13O17S/c1-11-12-32-81-96(126)106(6)56-72(113)51-67(43-44-98)85(115)54-74(61(4)5)93(123)109(9)82(49-63-26-18-14-19-27-63)92(122)104-78(48-66-35-39-71(112)40-36-66)94(124)107(7)57-88(118)101-76(52-69-55-100-75-31-23-22-30-73(69)75)86(116)53-68(46-65-33-37-70(111)38-34-65)90(120)103-77(45-60(2)3)91(121)105-80(84(114)41-42-87(99)117)58-128-59-89(119)102-79(47-62-24-16-13-17-25-62)95(125)110(10)83(97(127)108(81)8)50-64-28-20-15-21-29-64/h13-31,33-40,55,60-61,67-68,74,76-83,100,111-112H,11-12,32,41-54,56-59,98H2,1-10H3,(H2,99,117)(H,101,118)(H,102,119)(H,103,120)(H,104,122)(H,105,121)/t67-,68-,74+,76+,77+,78+,79+,80+,81+,82+,83+/m1/s1. The Bertz CT molecular complexity index is 4960. The van der Waals surface area contributed by atoms with Crippen LogP contribution >= 0.6 is 11.8 Å². The Morgan fingerprint density at radius 1 is 0.469 bits per heavy atom. The number of nitrogens with two attached hydrogens (primary N) is 2. The maximum atomic E-state index is 15.6. The minimum absolute atomic E-state index is 0.0134. The van der Waals surface area contributed by atoms with Gasteiger partial charge in [-0.05, 0) is 108 Å². The second-order valence-electron chi connectivity index (χ2n) is 34.2. The maximum absolute atomic E-state index is 15.6. The molecule has 7 aromatic rings. The first-order valence-corrected chi connectivity index (χ1v) is 44.9. The summed E-state index contributed by atoms with van der Waals surface area (Å²) in [5.41, 5.74) is 15.8. The molecule has 11 atom stereocenters. The van der Waals surface area contributed by atoms with Crippen LogP contribution in [-0.4, -0.2) is 243 Å². The Morgan fingerprint density at radius 2 is 0.984 bits per heavy atom. The molecule has 128 heavy (non-hydrogen) atoms. The van der Waals surface area contributed by atoms with E-state index in [2.05, 4.69) is 31.6 Å². The number of aromatic hydroxyl groups is 2. The molecular formula is C97H125N13O17S. The molecule has 11 amide bonds. The van der Waals surface area contributed by atoms with Gasteiger partial charge in [0.15, 0.2) is 17.3 Å². The number of H-pyrrole nitrogens is 1. The van der Waals surface area contributed by atoms with Crippen LogP contribution in [0.3, 0.4) is 0 Å². The number of carbonyl (C=O) groups excluding carboxylic acids is 15. The van der Waals surface area contributed by atoms with E-state index in [0.29, 0.717) is 57.1 Å². The number of aromatic amines is 1. The molecule has 30 nitrogen and oxygen atoms in total. The van der Waals surface area contributed by atoms with Gasteiger partial charge in [-0.2, -0.15) is 0 Å². The number of hydrogen-bond donors (Lipinski definition) is 10. The molecule has 6 aromatic carbocycles. The number of fused-ring (bicyclic) bond motifs is 1. The third-order valence-corrected chi connectivity index (χ3v) is 24.4. The Morgan fingerprint density at radius 3 is 1.55 bits per heavy atom. The number of nitrogens with one attached hydrogen (secondary N) is 6. The molecule has 0 bridgehead atoms. The number of benzene rings is 6. The zero-order chi connectivity index (χ0) is 93.4. The van der Waals surface area contributed by atoms with Crippen molar-refractivity contribution >= 4 is 111 Å². The lowest BCUT2D eigenvalue weighted by molar-refractivity contribution is -0.151. The van der Waals surface area contributed by atoms with Crippen LogP contribution < -0.4 is 38.1 Å². The van der Waals surface area contributed by atoms with Gasteiger partial charge in [0.25, 0.3) is 0 Å². The zero-order valence-electron chi connectivity index (χ0n) is 74.8. The average molecular weight is 1780 g/mol. The van der Waals surface area contributed by atoms with Crippen LogP contribution in [0.25, 0.3) is 10.9 Å². The number of Topliss-reactive ketones (excluding diaryl/α,β-unsaturated/α-hetero) is 4. The number of unbranched alkanes of at least 4 members (excludes halogenated alkanes) is 1. The molecule has 0 spiro atoms. The number of carbonyl (C=O) groups is 15. The minimum Gasteiger partial charge on any atom is -0.508 e. The highest BCUT2D eigenvalue weighted by atomic mass is 32.2. The number of nitrogens with zero attached hydrogens (tertiary/aromatic N) is 5. The summed E-state index contributed by atoms with van der Waals surface area (Å²) < 4.78 is 0. The highest BCUT2D eigenvalue weighted by molar-refractivity contribution is 8.00. The first kappa shape index (κ1) is 101. The van der Waals surface area contributed by atoms with Crippen molar-refractivity contribution in [2.24, 2.45) is 41.1 Å². The summed E-state index contributed by atoms with van der Waals surface area (Å²) >= 11 is 0.904. The fraction of sp³-hybridized carbons (Fsp3) is 0.454. The van der Waals surface area contributed by atoms with Crippen molar-refractivity contribution in [1.82, 2.24) is 56.1 Å². The normalized spacial score (nSPS) is 22.2. The minimum atomic E-state index is -1.48. The molecule has 2 heterocycles. The molecule has 1 aliphatic heterocycles. The van der Waals surface area contributed by atoms with E-state index in [1.807, 2.05) is 19.1 Å². The van der Waals surface area contributed by atoms with E-state index in [0.717, 1.165) is 16.7 Å². The van der Waals surface area contributed by atoms with Crippen molar-refractivity contribution in [3.8, 4) is 11.5 Å². The number of ketones is 4. The van der Waals surface area contributed by atoms with Gasteiger partial charge in [0, 0.05) is 140 Å². The van der Waals surface area contributed by atoms with Crippen LogP contribution in [0.15, 0.2) is 170 Å². The van der Waals surface area contributed by atoms with Gasteiger partial charge >= 0.3 is 0 Å². The smallest absolute Gasteiger partial charge is 0.246 e. The van der Waals surface area contributed by atoms with Crippen LogP contribution in [0.1, 0.15) is 132 Å². The number of phenolic OH excluding ortho intramolecular Hbond substituents is 2. The maximum Gasteiger partial charge on any atom is 0.246 e. The predicted molar refractivity (Wildman–Crippen MR) is 488 cm³/mol. The summed E-state index contributed by atoms with van der Waals surface area (Å²) in [6.45, 7) is 7.69. The molecule has 1 saturated heterocycles. The van der Waals surface area contributed by atoms with E-state index in [1.54, 1.807) is 161 Å². The Balaban J connectivity index is 1.20. The molecule has 1 aliphatic rings. The monoisotopic (exact) mass is 1780 g/mol. The van der Waals surface area contributed by atoms with Gasteiger partial charge in [-0.25, -0.2) is 0 Å². The second kappa shape index (κ2) is 49.7. The van der Waals surface area contributed by atoms with Crippen LogP contribution in [0.4, 0.5) is 0 Å². The van der Waals surface area contributed by atoms with Crippen LogP contribution in [0.5, 0.6) is 11.5 Å². The summed E-state index contributed by atoms with van der Waals surface area (Å²) in [6, 6.07) is 34.4. The average Bonchev–Trinajstić information content (AvgIpc) is 1.63. The summed E-state index contributed by atoms with van der Waals surface area (Å²) in [7, 11) is 7.02. The Kier molecular flexibility index (Phi) is 39.2. The van der Waals surface area contributed by atoms with E-state index in [1.165, 1.54) is 79.1 Å². The molecule has 0 saturated carbocycles. The van der Waals surface area contributed by atoms with Crippen molar-refractivity contribution in [2.75, 3.05) is 66.4 Å². The summed E-state index contributed by atoms with van der Waals surface area (Å²) in [4.78, 5) is 233. The molecule has 1 aromatic heterocycles. The van der Waals surface area contributed by atoms with Crippen molar-refractivity contribution in [3.05, 3.63) is 203 Å². The number of phenols is 2. The lowest BCUT2D eigenvalue weighted by Gasteiger charge is -2.37. The first-order valence-electron chi connectivity index (χ1n) is 43.7. The van der Waals surface area contributed by atoms with Gasteiger partial charge in [-0.15, -0.1) is 11.8 Å². The second-order valence-corrected chi connectivity index (χ2v) is 35.2. The third-order valence-electron chi connectivity index (χ3n) is 23.4. The van der Waals surface area contributed by atoms with Crippen LogP contribution in [0.2, 0.25) is 0 Å². The fourth-order valence-electron chi connectivity index (χ4n) is 16.0. The molecule has 0 unspecified atom stereocenters. The van der Waals surface area contributed by atoms with Crippen molar-refractivity contribution in [3.63, 3.8) is 0 Å². The van der Waals surface area contributed by atoms with Gasteiger partial charge < -0.3 is 77.7 Å². The zero-order valence-corrected chi connectivity index (χ0v) is 75.7. The van der Waals surface area contributed by atoms with Gasteiger partial charge in [0.05, 0.1) is 30.9 Å². The van der Waals surface area contributed by atoms with Crippen molar-refractivity contribution in [1.29, 1.82) is 0 Å². The van der Waals surface area contributed by atoms with Gasteiger partial charge in [0.2, 0.25) is 65.0 Å². The van der Waals surface area contributed by atoms with E-state index >= 15 is 43.2 Å². The summed E-state index contributed by atoms with van der Waals surface area (Å²) in [5.74, 6) is -15.8. The van der Waals surface area contributed by atoms with Gasteiger partial charge in [-0.1, -0.05) is 181 Å². The Labute approximate surface area is 752 Å². The molecule has 8 rings (SSSR count). The number of thioether (sulfide) groups is 1.